The number of amides is 1. The number of anilines is 1. The molecule has 3 aromatic heterocycles. The molecule has 0 radical (unpaired) electrons. The predicted octanol–water partition coefficient (Wildman–Crippen LogP) is 5.72. The van der Waals surface area contributed by atoms with Crippen LogP contribution >= 0.6 is 34.7 Å². The lowest BCUT2D eigenvalue weighted by Gasteiger charge is -2.16. The second-order valence-corrected chi connectivity index (χ2v) is 9.13. The summed E-state index contributed by atoms with van der Waals surface area (Å²) >= 11 is 9.21. The molecule has 1 aromatic carbocycles. The monoisotopic (exact) mass is 430 g/mol. The minimum atomic E-state index is -0.285. The lowest BCUT2D eigenvalue weighted by atomic mass is 10.2. The van der Waals surface area contributed by atoms with Crippen LogP contribution in [0, 0.1) is 13.8 Å². The number of aromatic nitrogens is 3. The molecule has 0 aliphatic rings. The van der Waals surface area contributed by atoms with Crippen LogP contribution in [-0.2, 0) is 4.79 Å². The topological polar surface area (TPSA) is 59.3 Å². The molecule has 4 rings (SSSR count). The number of thiophene rings is 1. The third kappa shape index (κ3) is 3.50. The van der Waals surface area contributed by atoms with Gasteiger partial charge < -0.3 is 5.32 Å². The van der Waals surface area contributed by atoms with Gasteiger partial charge in [0.05, 0.1) is 21.0 Å². The van der Waals surface area contributed by atoms with Crippen LogP contribution in [0.15, 0.2) is 40.7 Å². The first kappa shape index (κ1) is 19.2. The quantitative estimate of drug-likeness (QED) is 0.411. The van der Waals surface area contributed by atoms with Crippen LogP contribution in [0.2, 0.25) is 5.02 Å². The first-order chi connectivity index (χ1) is 13.5. The summed E-state index contributed by atoms with van der Waals surface area (Å²) in [6.07, 6.45) is 0.674. The molecule has 144 valence electrons. The van der Waals surface area contributed by atoms with E-state index >= 15 is 0 Å². The maximum absolute atomic E-state index is 12.9. The first-order valence-electron chi connectivity index (χ1n) is 8.93. The van der Waals surface area contributed by atoms with Crippen molar-refractivity contribution < 1.29 is 4.79 Å². The lowest BCUT2D eigenvalue weighted by Crippen LogP contribution is -2.25. The molecule has 4 aromatic rings. The minimum Gasteiger partial charge on any atom is -0.325 e. The summed E-state index contributed by atoms with van der Waals surface area (Å²) < 4.78 is 3.29. The Kier molecular flexibility index (Phi) is 5.31. The van der Waals surface area contributed by atoms with E-state index in [0.717, 1.165) is 33.1 Å². The van der Waals surface area contributed by atoms with Crippen molar-refractivity contribution in [1.82, 2.24) is 14.6 Å². The second kappa shape index (κ2) is 7.73. The number of rotatable bonds is 5. The van der Waals surface area contributed by atoms with Crippen LogP contribution in [0.5, 0.6) is 0 Å². The van der Waals surface area contributed by atoms with E-state index in [0.29, 0.717) is 11.4 Å². The summed E-state index contributed by atoms with van der Waals surface area (Å²) in [7, 11) is 0. The number of fused-ring (bicyclic) bond motifs is 3. The van der Waals surface area contributed by atoms with Crippen molar-refractivity contribution in [3.05, 3.63) is 52.1 Å². The van der Waals surface area contributed by atoms with E-state index in [1.54, 1.807) is 17.4 Å². The Morgan fingerprint density at radius 2 is 2.07 bits per heavy atom. The highest BCUT2D eigenvalue weighted by molar-refractivity contribution is 8.00. The molecule has 0 unspecified atom stereocenters. The fourth-order valence-corrected chi connectivity index (χ4v) is 5.06. The largest absolute Gasteiger partial charge is 0.325 e. The van der Waals surface area contributed by atoms with Gasteiger partial charge in [0.15, 0.2) is 0 Å². The van der Waals surface area contributed by atoms with Gasteiger partial charge in [0.25, 0.3) is 0 Å². The van der Waals surface area contributed by atoms with E-state index in [1.807, 2.05) is 32.9 Å². The van der Waals surface area contributed by atoms with E-state index in [4.69, 9.17) is 11.6 Å². The average molecular weight is 431 g/mol. The van der Waals surface area contributed by atoms with Crippen molar-refractivity contribution in [3.63, 3.8) is 0 Å². The molecule has 1 N–H and O–H groups in total. The van der Waals surface area contributed by atoms with Crippen molar-refractivity contribution in [1.29, 1.82) is 0 Å². The Bertz CT molecular complexity index is 1180. The first-order valence-corrected chi connectivity index (χ1v) is 11.1. The average Bonchev–Trinajstić information content (AvgIpc) is 3.25. The minimum absolute atomic E-state index is 0.0632. The fourth-order valence-electron chi connectivity index (χ4n) is 3.13. The van der Waals surface area contributed by atoms with Crippen molar-refractivity contribution in [3.8, 4) is 0 Å². The molecule has 0 fully saturated rings. The van der Waals surface area contributed by atoms with Gasteiger partial charge in [0, 0.05) is 10.7 Å². The number of carbonyl (C=O) groups is 1. The summed E-state index contributed by atoms with van der Waals surface area (Å²) in [5.74, 6) is 0.770. The summed E-state index contributed by atoms with van der Waals surface area (Å²) in [4.78, 5) is 12.9. The Morgan fingerprint density at radius 3 is 2.86 bits per heavy atom. The van der Waals surface area contributed by atoms with Gasteiger partial charge in [-0.1, -0.05) is 36.4 Å². The molecule has 5 nitrogen and oxygen atoms in total. The third-order valence-electron chi connectivity index (χ3n) is 4.63. The van der Waals surface area contributed by atoms with Crippen LogP contribution in [0.1, 0.15) is 24.7 Å². The zero-order chi connectivity index (χ0) is 19.8. The molecule has 0 spiro atoms. The van der Waals surface area contributed by atoms with Crippen molar-refractivity contribution in [2.75, 3.05) is 5.32 Å². The fraction of sp³-hybridized carbons (Fsp3) is 0.250. The lowest BCUT2D eigenvalue weighted by molar-refractivity contribution is -0.115. The molecule has 8 heteroatoms. The van der Waals surface area contributed by atoms with Gasteiger partial charge in [-0.05, 0) is 55.5 Å². The van der Waals surface area contributed by atoms with Crippen LogP contribution in [0.3, 0.4) is 0 Å². The maximum atomic E-state index is 12.9. The highest BCUT2D eigenvalue weighted by atomic mass is 35.5. The number of benzene rings is 1. The van der Waals surface area contributed by atoms with E-state index < -0.39 is 0 Å². The Balaban J connectivity index is 1.64. The smallest absolute Gasteiger partial charge is 0.237 e. The number of carbonyl (C=O) groups excluding carboxylic acids is 1. The highest BCUT2D eigenvalue weighted by Crippen LogP contribution is 2.33. The molecule has 1 atom stereocenters. The SMILES string of the molecule is CC[C@H](Sc1nnc(C)n2c1cc1sccc12)C(=O)Nc1cc(Cl)ccc1C. The van der Waals surface area contributed by atoms with E-state index in [9.17, 15) is 4.79 Å². The summed E-state index contributed by atoms with van der Waals surface area (Å²) in [5.41, 5.74) is 3.83. The highest BCUT2D eigenvalue weighted by Gasteiger charge is 2.22. The van der Waals surface area contributed by atoms with Crippen molar-refractivity contribution >= 4 is 62.0 Å². The Morgan fingerprint density at radius 1 is 1.25 bits per heavy atom. The van der Waals surface area contributed by atoms with Crippen LogP contribution in [0.25, 0.3) is 15.7 Å². The number of nitrogens with one attached hydrogen (secondary N) is 1. The predicted molar refractivity (Wildman–Crippen MR) is 118 cm³/mol. The number of hydrogen-bond acceptors (Lipinski definition) is 5. The molecular formula is C20H19ClN4OS2. The normalized spacial score (nSPS) is 12.6. The molecule has 0 aliphatic heterocycles. The summed E-state index contributed by atoms with van der Waals surface area (Å²) in [5, 5.41) is 14.8. The standard InChI is InChI=1S/C20H19ClN4OS2/c1-4-17(19(26)22-14-9-13(21)6-5-11(14)2)28-20-16-10-18-15(7-8-27-18)25(16)12(3)23-24-20/h5-10,17H,4H2,1-3H3,(H,22,26)/t17-/m0/s1. The Hall–Kier alpha value is -2.09. The molecule has 3 heterocycles. The zero-order valence-corrected chi connectivity index (χ0v) is 18.1. The van der Waals surface area contributed by atoms with Crippen LogP contribution in [0.4, 0.5) is 5.69 Å². The van der Waals surface area contributed by atoms with Gasteiger partial charge in [-0.25, -0.2) is 0 Å². The number of nitrogens with zero attached hydrogens (tertiary/aromatic N) is 3. The van der Waals surface area contributed by atoms with Gasteiger partial charge in [-0.3, -0.25) is 9.20 Å². The number of halogens is 1. The summed E-state index contributed by atoms with van der Waals surface area (Å²) in [6.45, 7) is 5.89. The molecule has 28 heavy (non-hydrogen) atoms. The van der Waals surface area contributed by atoms with Gasteiger partial charge in [-0.2, -0.15) is 0 Å². The van der Waals surface area contributed by atoms with Crippen LogP contribution in [-0.4, -0.2) is 25.8 Å². The molecule has 0 bridgehead atoms. The molecule has 0 saturated carbocycles. The number of hydrogen-bond donors (Lipinski definition) is 1. The van der Waals surface area contributed by atoms with Crippen molar-refractivity contribution in [2.24, 2.45) is 0 Å². The number of aryl methyl sites for hydroxylation is 2. The van der Waals surface area contributed by atoms with E-state index in [-0.39, 0.29) is 11.2 Å². The second-order valence-electron chi connectivity index (χ2n) is 6.55. The van der Waals surface area contributed by atoms with Crippen LogP contribution < -0.4 is 5.32 Å². The zero-order valence-electron chi connectivity index (χ0n) is 15.7. The van der Waals surface area contributed by atoms with Gasteiger partial charge in [0.1, 0.15) is 10.9 Å². The molecule has 1 amide bonds. The van der Waals surface area contributed by atoms with E-state index in [2.05, 4.69) is 37.4 Å². The van der Waals surface area contributed by atoms with Gasteiger partial charge in [-0.15, -0.1) is 21.5 Å². The summed E-state index contributed by atoms with van der Waals surface area (Å²) in [6, 6.07) is 9.69. The molecule has 0 aliphatic carbocycles. The van der Waals surface area contributed by atoms with Crippen molar-refractivity contribution in [2.45, 2.75) is 37.5 Å². The third-order valence-corrected chi connectivity index (χ3v) is 7.06. The molecule has 0 saturated heterocycles. The van der Waals surface area contributed by atoms with Gasteiger partial charge >= 0.3 is 0 Å². The number of thioether (sulfide) groups is 1. The van der Waals surface area contributed by atoms with E-state index in [1.165, 1.54) is 16.5 Å². The van der Waals surface area contributed by atoms with Gasteiger partial charge in [0.2, 0.25) is 5.91 Å². The molecular weight excluding hydrogens is 412 g/mol. The Labute approximate surface area is 176 Å². The maximum Gasteiger partial charge on any atom is 0.237 e.